The van der Waals surface area contributed by atoms with Crippen LogP contribution in [0.25, 0.3) is 0 Å². The first-order valence-electron chi connectivity index (χ1n) is 9.81. The lowest BCUT2D eigenvalue weighted by Crippen LogP contribution is -2.49. The van der Waals surface area contributed by atoms with E-state index in [9.17, 15) is 8.42 Å². The van der Waals surface area contributed by atoms with Crippen molar-refractivity contribution in [1.82, 2.24) is 9.21 Å². The van der Waals surface area contributed by atoms with Gasteiger partial charge in [-0.25, -0.2) is 8.42 Å². The van der Waals surface area contributed by atoms with E-state index < -0.39 is 10.0 Å². The third-order valence-corrected chi connectivity index (χ3v) is 7.05. The number of anilines is 1. The quantitative estimate of drug-likeness (QED) is 0.646. The van der Waals surface area contributed by atoms with Crippen LogP contribution in [0, 0.1) is 0 Å². The summed E-state index contributed by atoms with van der Waals surface area (Å²) in [6, 6.07) is 12.3. The minimum absolute atomic E-state index is 0.350. The Bertz CT molecular complexity index is 904. The van der Waals surface area contributed by atoms with Crippen LogP contribution in [0.4, 0.5) is 5.69 Å². The van der Waals surface area contributed by atoms with Crippen molar-refractivity contribution in [3.63, 3.8) is 0 Å². The fourth-order valence-corrected chi connectivity index (χ4v) is 4.92. The standard InChI is InChI=1S/C21H29N3O5S/c1-27-19-15-17(16-20(28-2)21(19)29-3)22-9-10-23-11-13-24(14-12-23)30(25,26)18-7-5-4-6-8-18/h4-8,15-16,22H,9-14H2,1-3H3. The molecule has 1 heterocycles. The number of hydrogen-bond donors (Lipinski definition) is 1. The molecule has 3 rings (SSSR count). The molecule has 30 heavy (non-hydrogen) atoms. The van der Waals surface area contributed by atoms with E-state index in [1.54, 1.807) is 49.9 Å². The molecule has 0 bridgehead atoms. The molecule has 0 aromatic heterocycles. The number of methoxy groups -OCH3 is 3. The minimum atomic E-state index is -3.42. The van der Waals surface area contributed by atoms with E-state index in [1.165, 1.54) is 0 Å². The fraction of sp³-hybridized carbons (Fsp3) is 0.429. The normalized spacial score (nSPS) is 15.6. The summed E-state index contributed by atoms with van der Waals surface area (Å²) in [6.07, 6.45) is 0. The van der Waals surface area contributed by atoms with Gasteiger partial charge in [0.25, 0.3) is 0 Å². The fourth-order valence-electron chi connectivity index (χ4n) is 3.48. The zero-order valence-electron chi connectivity index (χ0n) is 17.6. The smallest absolute Gasteiger partial charge is 0.243 e. The Hall–Kier alpha value is -2.49. The number of hydrogen-bond acceptors (Lipinski definition) is 7. The Balaban J connectivity index is 1.52. The maximum Gasteiger partial charge on any atom is 0.243 e. The van der Waals surface area contributed by atoms with Gasteiger partial charge in [-0.3, -0.25) is 4.90 Å². The van der Waals surface area contributed by atoms with E-state index >= 15 is 0 Å². The van der Waals surface area contributed by atoms with Crippen LogP contribution in [-0.2, 0) is 10.0 Å². The second kappa shape index (κ2) is 10.0. The summed E-state index contributed by atoms with van der Waals surface area (Å²) in [5.74, 6) is 1.75. The van der Waals surface area contributed by atoms with Crippen molar-refractivity contribution in [2.75, 3.05) is 65.9 Å². The molecule has 2 aromatic carbocycles. The first kappa shape index (κ1) is 22.2. The van der Waals surface area contributed by atoms with Crippen LogP contribution in [0.2, 0.25) is 0 Å². The monoisotopic (exact) mass is 435 g/mol. The third kappa shape index (κ3) is 4.97. The van der Waals surface area contributed by atoms with E-state index in [0.717, 1.165) is 12.2 Å². The molecule has 0 amide bonds. The highest BCUT2D eigenvalue weighted by atomic mass is 32.2. The van der Waals surface area contributed by atoms with Crippen LogP contribution in [-0.4, -0.2) is 78.2 Å². The number of nitrogens with one attached hydrogen (secondary N) is 1. The Morgan fingerprint density at radius 3 is 2.03 bits per heavy atom. The minimum Gasteiger partial charge on any atom is -0.493 e. The molecule has 1 saturated heterocycles. The molecule has 0 radical (unpaired) electrons. The number of ether oxygens (including phenoxy) is 3. The molecule has 8 nitrogen and oxygen atoms in total. The average Bonchev–Trinajstić information content (AvgIpc) is 2.79. The maximum absolute atomic E-state index is 12.7. The van der Waals surface area contributed by atoms with E-state index in [4.69, 9.17) is 14.2 Å². The molecule has 2 aromatic rings. The topological polar surface area (TPSA) is 80.3 Å². The average molecular weight is 436 g/mol. The Kier molecular flexibility index (Phi) is 7.41. The highest BCUT2D eigenvalue weighted by molar-refractivity contribution is 7.89. The summed E-state index contributed by atoms with van der Waals surface area (Å²) < 4.78 is 43.1. The molecular weight excluding hydrogens is 406 g/mol. The van der Waals surface area contributed by atoms with Crippen molar-refractivity contribution < 1.29 is 22.6 Å². The molecule has 1 fully saturated rings. The van der Waals surface area contributed by atoms with Crippen molar-refractivity contribution >= 4 is 15.7 Å². The van der Waals surface area contributed by atoms with Crippen molar-refractivity contribution in [1.29, 1.82) is 0 Å². The first-order valence-corrected chi connectivity index (χ1v) is 11.2. The molecular formula is C21H29N3O5S. The number of nitrogens with zero attached hydrogens (tertiary/aromatic N) is 2. The van der Waals surface area contributed by atoms with Gasteiger partial charge in [0.15, 0.2) is 11.5 Å². The summed E-state index contributed by atoms with van der Waals surface area (Å²) in [6.45, 7) is 3.88. The van der Waals surface area contributed by atoms with Crippen molar-refractivity contribution in [3.8, 4) is 17.2 Å². The zero-order chi connectivity index (χ0) is 21.6. The molecule has 1 N–H and O–H groups in total. The predicted octanol–water partition coefficient (Wildman–Crippen LogP) is 2.13. The van der Waals surface area contributed by atoms with Gasteiger partial charge in [0.2, 0.25) is 15.8 Å². The lowest BCUT2D eigenvalue weighted by atomic mass is 10.2. The molecule has 1 aliphatic rings. The number of sulfonamides is 1. The zero-order valence-corrected chi connectivity index (χ0v) is 18.4. The van der Waals surface area contributed by atoms with E-state index in [-0.39, 0.29) is 0 Å². The van der Waals surface area contributed by atoms with E-state index in [2.05, 4.69) is 10.2 Å². The lowest BCUT2D eigenvalue weighted by molar-refractivity contribution is 0.194. The van der Waals surface area contributed by atoms with Crippen LogP contribution in [0.5, 0.6) is 17.2 Å². The van der Waals surface area contributed by atoms with Gasteiger partial charge in [0.1, 0.15) is 0 Å². The molecule has 0 saturated carbocycles. The number of piperazine rings is 1. The Morgan fingerprint density at radius 2 is 1.50 bits per heavy atom. The summed E-state index contributed by atoms with van der Waals surface area (Å²) >= 11 is 0. The predicted molar refractivity (Wildman–Crippen MR) is 116 cm³/mol. The Labute approximate surface area is 178 Å². The molecule has 1 aliphatic heterocycles. The Morgan fingerprint density at radius 1 is 0.900 bits per heavy atom. The van der Waals surface area contributed by atoms with Gasteiger partial charge in [0, 0.05) is 57.1 Å². The van der Waals surface area contributed by atoms with Crippen LogP contribution < -0.4 is 19.5 Å². The second-order valence-electron chi connectivity index (χ2n) is 6.90. The molecule has 0 aliphatic carbocycles. The number of benzene rings is 2. The van der Waals surface area contributed by atoms with Gasteiger partial charge in [-0.05, 0) is 12.1 Å². The van der Waals surface area contributed by atoms with E-state index in [1.807, 2.05) is 18.2 Å². The van der Waals surface area contributed by atoms with E-state index in [0.29, 0.717) is 54.9 Å². The molecule has 0 atom stereocenters. The largest absolute Gasteiger partial charge is 0.493 e. The molecule has 0 spiro atoms. The number of rotatable bonds is 9. The second-order valence-corrected chi connectivity index (χ2v) is 8.84. The van der Waals surface area contributed by atoms with Crippen LogP contribution in [0.1, 0.15) is 0 Å². The summed E-state index contributed by atoms with van der Waals surface area (Å²) in [7, 11) is 1.33. The first-order chi connectivity index (χ1) is 14.5. The molecule has 0 unspecified atom stereocenters. The van der Waals surface area contributed by atoms with Gasteiger partial charge >= 0.3 is 0 Å². The van der Waals surface area contributed by atoms with Crippen LogP contribution >= 0.6 is 0 Å². The van der Waals surface area contributed by atoms with Crippen LogP contribution in [0.3, 0.4) is 0 Å². The third-order valence-electron chi connectivity index (χ3n) is 5.13. The van der Waals surface area contributed by atoms with Crippen molar-refractivity contribution in [2.45, 2.75) is 4.90 Å². The van der Waals surface area contributed by atoms with Crippen molar-refractivity contribution in [2.24, 2.45) is 0 Å². The highest BCUT2D eigenvalue weighted by Gasteiger charge is 2.28. The van der Waals surface area contributed by atoms with Gasteiger partial charge in [-0.2, -0.15) is 4.31 Å². The van der Waals surface area contributed by atoms with Crippen molar-refractivity contribution in [3.05, 3.63) is 42.5 Å². The van der Waals surface area contributed by atoms with Gasteiger partial charge in [-0.1, -0.05) is 18.2 Å². The molecule has 164 valence electrons. The summed E-state index contributed by atoms with van der Waals surface area (Å²) in [5.41, 5.74) is 0.870. The lowest BCUT2D eigenvalue weighted by Gasteiger charge is -2.34. The maximum atomic E-state index is 12.7. The van der Waals surface area contributed by atoms with Gasteiger partial charge in [-0.15, -0.1) is 0 Å². The van der Waals surface area contributed by atoms with Gasteiger partial charge in [0.05, 0.1) is 26.2 Å². The van der Waals surface area contributed by atoms with Crippen LogP contribution in [0.15, 0.2) is 47.4 Å². The SMILES string of the molecule is COc1cc(NCCN2CCN(S(=O)(=O)c3ccccc3)CC2)cc(OC)c1OC. The summed E-state index contributed by atoms with van der Waals surface area (Å²) in [5, 5.41) is 3.37. The van der Waals surface area contributed by atoms with Gasteiger partial charge < -0.3 is 19.5 Å². The molecule has 9 heteroatoms. The summed E-state index contributed by atoms with van der Waals surface area (Å²) in [4.78, 5) is 2.60. The highest BCUT2D eigenvalue weighted by Crippen LogP contribution is 2.39.